The fourth-order valence-corrected chi connectivity index (χ4v) is 2.79. The van der Waals surface area contributed by atoms with Crippen LogP contribution >= 0.6 is 27.5 Å². The first kappa shape index (κ1) is 16.3. The van der Waals surface area contributed by atoms with Crippen LogP contribution in [-0.2, 0) is 0 Å². The van der Waals surface area contributed by atoms with Crippen molar-refractivity contribution >= 4 is 27.5 Å². The van der Waals surface area contributed by atoms with Crippen LogP contribution in [0.2, 0.25) is 5.02 Å². The summed E-state index contributed by atoms with van der Waals surface area (Å²) in [5.41, 5.74) is 1.85. The summed E-state index contributed by atoms with van der Waals surface area (Å²) >= 11 is 9.37. The Morgan fingerprint density at radius 2 is 2.05 bits per heavy atom. The number of nitrogens with one attached hydrogen (secondary N) is 1. The SMILES string of the molecule is CCOc1ccc(Br)cc1C(NC)c1ccc(F)c(Cl)c1. The van der Waals surface area contributed by atoms with Crippen molar-refractivity contribution in [1.82, 2.24) is 5.32 Å². The normalized spacial score (nSPS) is 12.2. The zero-order valence-electron chi connectivity index (χ0n) is 11.8. The summed E-state index contributed by atoms with van der Waals surface area (Å²) in [6, 6.07) is 10.4. The predicted molar refractivity (Wildman–Crippen MR) is 87.6 cm³/mol. The van der Waals surface area contributed by atoms with Crippen LogP contribution in [-0.4, -0.2) is 13.7 Å². The summed E-state index contributed by atoms with van der Waals surface area (Å²) in [6.07, 6.45) is 0. The number of ether oxygens (including phenoxy) is 1. The molecule has 0 aliphatic rings. The van der Waals surface area contributed by atoms with Gasteiger partial charge < -0.3 is 10.1 Å². The highest BCUT2D eigenvalue weighted by Crippen LogP contribution is 2.33. The fraction of sp³-hybridized carbons (Fsp3) is 0.250. The van der Waals surface area contributed by atoms with Crippen molar-refractivity contribution < 1.29 is 9.13 Å². The molecule has 2 rings (SSSR count). The molecule has 0 bridgehead atoms. The standard InChI is InChI=1S/C16H16BrClFNO/c1-3-21-15-7-5-11(17)9-12(15)16(20-2)10-4-6-14(19)13(18)8-10/h4-9,16,20H,3H2,1-2H3. The molecular formula is C16H16BrClFNO. The molecule has 0 amide bonds. The first-order chi connectivity index (χ1) is 10.1. The third kappa shape index (κ3) is 3.76. The van der Waals surface area contributed by atoms with Crippen LogP contribution in [0.3, 0.4) is 0 Å². The van der Waals surface area contributed by atoms with Gasteiger partial charge in [0.2, 0.25) is 0 Å². The number of benzene rings is 2. The highest BCUT2D eigenvalue weighted by molar-refractivity contribution is 9.10. The van der Waals surface area contributed by atoms with Crippen LogP contribution < -0.4 is 10.1 Å². The molecule has 1 atom stereocenters. The van der Waals surface area contributed by atoms with Crippen LogP contribution in [0.5, 0.6) is 5.75 Å². The van der Waals surface area contributed by atoms with Crippen molar-refractivity contribution in [2.75, 3.05) is 13.7 Å². The lowest BCUT2D eigenvalue weighted by atomic mass is 9.98. The molecule has 0 saturated heterocycles. The molecule has 2 aromatic rings. The summed E-state index contributed by atoms with van der Waals surface area (Å²) in [5.74, 6) is 0.370. The van der Waals surface area contributed by atoms with Gasteiger partial charge in [0.25, 0.3) is 0 Å². The summed E-state index contributed by atoms with van der Waals surface area (Å²) in [5, 5.41) is 3.34. The molecule has 0 heterocycles. The lowest BCUT2D eigenvalue weighted by Gasteiger charge is -2.21. The second kappa shape index (κ2) is 7.25. The van der Waals surface area contributed by atoms with Crippen molar-refractivity contribution in [2.24, 2.45) is 0 Å². The molecule has 0 spiro atoms. The Labute approximate surface area is 137 Å². The molecule has 2 aromatic carbocycles. The highest BCUT2D eigenvalue weighted by Gasteiger charge is 2.18. The average Bonchev–Trinajstić information content (AvgIpc) is 2.46. The maximum absolute atomic E-state index is 13.3. The zero-order chi connectivity index (χ0) is 15.4. The smallest absolute Gasteiger partial charge is 0.141 e. The first-order valence-corrected chi connectivity index (χ1v) is 7.78. The molecule has 5 heteroatoms. The van der Waals surface area contributed by atoms with E-state index in [1.54, 1.807) is 12.1 Å². The van der Waals surface area contributed by atoms with Crippen molar-refractivity contribution in [3.05, 3.63) is 62.8 Å². The largest absolute Gasteiger partial charge is 0.494 e. The van der Waals surface area contributed by atoms with Crippen LogP contribution in [0.25, 0.3) is 0 Å². The van der Waals surface area contributed by atoms with Gasteiger partial charge in [-0.1, -0.05) is 33.6 Å². The molecule has 1 N–H and O–H groups in total. The van der Waals surface area contributed by atoms with E-state index in [9.17, 15) is 4.39 Å². The van der Waals surface area contributed by atoms with Gasteiger partial charge in [0.05, 0.1) is 17.7 Å². The Morgan fingerprint density at radius 3 is 2.67 bits per heavy atom. The summed E-state index contributed by atoms with van der Waals surface area (Å²) in [6.45, 7) is 2.52. The molecule has 0 aromatic heterocycles. The van der Waals surface area contributed by atoms with E-state index in [1.807, 2.05) is 32.2 Å². The Balaban J connectivity index is 2.49. The first-order valence-electron chi connectivity index (χ1n) is 6.61. The van der Waals surface area contributed by atoms with Gasteiger partial charge in [0.15, 0.2) is 0 Å². The van der Waals surface area contributed by atoms with E-state index < -0.39 is 5.82 Å². The van der Waals surface area contributed by atoms with Gasteiger partial charge in [-0.3, -0.25) is 0 Å². The quantitative estimate of drug-likeness (QED) is 0.802. The van der Waals surface area contributed by atoms with Gasteiger partial charge in [-0.25, -0.2) is 4.39 Å². The van der Waals surface area contributed by atoms with Crippen molar-refractivity contribution in [2.45, 2.75) is 13.0 Å². The lowest BCUT2D eigenvalue weighted by molar-refractivity contribution is 0.334. The van der Waals surface area contributed by atoms with Crippen molar-refractivity contribution in [3.63, 3.8) is 0 Å². The maximum Gasteiger partial charge on any atom is 0.141 e. The summed E-state index contributed by atoms with van der Waals surface area (Å²) in [4.78, 5) is 0. The summed E-state index contributed by atoms with van der Waals surface area (Å²) < 4.78 is 20.0. The Morgan fingerprint density at radius 1 is 1.29 bits per heavy atom. The molecule has 112 valence electrons. The number of hydrogen-bond acceptors (Lipinski definition) is 2. The molecule has 1 unspecified atom stereocenters. The van der Waals surface area contributed by atoms with E-state index in [0.717, 1.165) is 21.3 Å². The second-order valence-electron chi connectivity index (χ2n) is 4.51. The van der Waals surface area contributed by atoms with E-state index >= 15 is 0 Å². The maximum atomic E-state index is 13.3. The van der Waals surface area contributed by atoms with E-state index in [2.05, 4.69) is 21.2 Å². The van der Waals surface area contributed by atoms with E-state index in [1.165, 1.54) is 6.07 Å². The van der Waals surface area contributed by atoms with Crippen LogP contribution in [0, 0.1) is 5.82 Å². The van der Waals surface area contributed by atoms with E-state index in [0.29, 0.717) is 6.61 Å². The molecule has 21 heavy (non-hydrogen) atoms. The molecular weight excluding hydrogens is 357 g/mol. The molecule has 0 saturated carbocycles. The van der Waals surface area contributed by atoms with Gasteiger partial charge in [-0.15, -0.1) is 0 Å². The monoisotopic (exact) mass is 371 g/mol. The predicted octanol–water partition coefficient (Wildman–Crippen LogP) is 4.95. The van der Waals surface area contributed by atoms with Gasteiger partial charge >= 0.3 is 0 Å². The Hall–Kier alpha value is -1.10. The number of halogens is 3. The Kier molecular flexibility index (Phi) is 5.62. The molecule has 0 fully saturated rings. The third-order valence-electron chi connectivity index (χ3n) is 3.15. The van der Waals surface area contributed by atoms with Gasteiger partial charge in [-0.2, -0.15) is 0 Å². The van der Waals surface area contributed by atoms with Gasteiger partial charge in [0.1, 0.15) is 11.6 Å². The molecule has 2 nitrogen and oxygen atoms in total. The van der Waals surface area contributed by atoms with Gasteiger partial charge in [0, 0.05) is 10.0 Å². The van der Waals surface area contributed by atoms with E-state index in [-0.39, 0.29) is 11.1 Å². The minimum Gasteiger partial charge on any atom is -0.494 e. The van der Waals surface area contributed by atoms with E-state index in [4.69, 9.17) is 16.3 Å². The van der Waals surface area contributed by atoms with Crippen molar-refractivity contribution in [3.8, 4) is 5.75 Å². The zero-order valence-corrected chi connectivity index (χ0v) is 14.1. The fourth-order valence-electron chi connectivity index (χ4n) is 2.23. The van der Waals surface area contributed by atoms with Crippen LogP contribution in [0.15, 0.2) is 40.9 Å². The highest BCUT2D eigenvalue weighted by atomic mass is 79.9. The van der Waals surface area contributed by atoms with Crippen LogP contribution in [0.1, 0.15) is 24.1 Å². The summed E-state index contributed by atoms with van der Waals surface area (Å²) in [7, 11) is 1.85. The number of rotatable bonds is 5. The third-order valence-corrected chi connectivity index (χ3v) is 3.93. The topological polar surface area (TPSA) is 21.3 Å². The molecule has 0 aliphatic heterocycles. The average molecular weight is 373 g/mol. The minimum atomic E-state index is -0.422. The van der Waals surface area contributed by atoms with Crippen LogP contribution in [0.4, 0.5) is 4.39 Å². The minimum absolute atomic E-state index is 0.112. The number of hydrogen-bond donors (Lipinski definition) is 1. The Bertz CT molecular complexity index is 636. The second-order valence-corrected chi connectivity index (χ2v) is 5.83. The lowest BCUT2D eigenvalue weighted by Crippen LogP contribution is -2.19. The molecule has 0 radical (unpaired) electrons. The van der Waals surface area contributed by atoms with Gasteiger partial charge in [-0.05, 0) is 49.9 Å². The molecule has 0 aliphatic carbocycles. The van der Waals surface area contributed by atoms with Crippen molar-refractivity contribution in [1.29, 1.82) is 0 Å².